The van der Waals surface area contributed by atoms with Gasteiger partial charge in [-0.25, -0.2) is 9.59 Å². The Morgan fingerprint density at radius 1 is 0.929 bits per heavy atom. The normalized spacial score (nSPS) is 15.3. The van der Waals surface area contributed by atoms with Crippen LogP contribution in [0, 0.1) is 0 Å². The number of hydrogen-bond acceptors (Lipinski definition) is 7. The Kier molecular flexibility index (Phi) is 5.84. The number of hydrogen-bond donors (Lipinski definition) is 2. The molecule has 0 radical (unpaired) electrons. The fraction of sp³-hybridized carbons (Fsp3) is 0.238. The van der Waals surface area contributed by atoms with Gasteiger partial charge < -0.3 is 24.8 Å². The number of benzene rings is 2. The van der Waals surface area contributed by atoms with Crippen molar-refractivity contribution in [2.75, 3.05) is 23.8 Å². The molecule has 0 aromatic heterocycles. The van der Waals surface area contributed by atoms with E-state index in [2.05, 4.69) is 10.6 Å². The van der Waals surface area contributed by atoms with Crippen LogP contribution in [0.5, 0.6) is 5.75 Å². The molecule has 7 nitrogen and oxygen atoms in total. The molecule has 0 unspecified atom stereocenters. The van der Waals surface area contributed by atoms with Gasteiger partial charge in [0, 0.05) is 26.6 Å². The lowest BCUT2D eigenvalue weighted by atomic mass is 10.2. The number of esters is 2. The third-order valence-corrected chi connectivity index (χ3v) is 3.85. The first-order valence-corrected chi connectivity index (χ1v) is 8.89. The Morgan fingerprint density at radius 3 is 2.21 bits per heavy atom. The summed E-state index contributed by atoms with van der Waals surface area (Å²) in [6.07, 6.45) is 1.29. The van der Waals surface area contributed by atoms with Gasteiger partial charge in [0.15, 0.2) is 5.57 Å². The summed E-state index contributed by atoms with van der Waals surface area (Å²) in [6, 6.07) is 17.0. The van der Waals surface area contributed by atoms with Gasteiger partial charge in [-0.3, -0.25) is 0 Å². The molecule has 2 aromatic carbocycles. The maximum atomic E-state index is 12.0. The average molecular weight is 382 g/mol. The van der Waals surface area contributed by atoms with Gasteiger partial charge in [0.05, 0.1) is 11.4 Å². The lowest BCUT2D eigenvalue weighted by molar-refractivity contribution is -0.222. The second-order valence-electron chi connectivity index (χ2n) is 6.52. The minimum absolute atomic E-state index is 0.193. The van der Waals surface area contributed by atoms with Crippen molar-refractivity contribution in [3.63, 3.8) is 0 Å². The van der Waals surface area contributed by atoms with E-state index in [1.807, 2.05) is 54.6 Å². The fourth-order valence-electron chi connectivity index (χ4n) is 2.56. The minimum Gasteiger partial charge on any atom is -0.492 e. The Balaban J connectivity index is 1.59. The fourth-order valence-corrected chi connectivity index (χ4v) is 2.56. The number of ether oxygens (including phenoxy) is 3. The highest BCUT2D eigenvalue weighted by atomic mass is 16.7. The zero-order chi connectivity index (χ0) is 20.0. The smallest absolute Gasteiger partial charge is 0.350 e. The summed E-state index contributed by atoms with van der Waals surface area (Å²) < 4.78 is 15.8. The lowest BCUT2D eigenvalue weighted by Crippen LogP contribution is -2.42. The lowest BCUT2D eigenvalue weighted by Gasteiger charge is -2.29. The van der Waals surface area contributed by atoms with E-state index in [9.17, 15) is 9.59 Å². The molecule has 0 saturated carbocycles. The summed E-state index contributed by atoms with van der Waals surface area (Å²) in [5.74, 6) is -1.91. The molecule has 1 saturated heterocycles. The molecular weight excluding hydrogens is 360 g/mol. The minimum atomic E-state index is -1.26. The molecule has 0 aliphatic carbocycles. The molecule has 1 aliphatic rings. The summed E-state index contributed by atoms with van der Waals surface area (Å²) in [5.41, 5.74) is 1.30. The van der Waals surface area contributed by atoms with Crippen LogP contribution in [0.25, 0.3) is 0 Å². The van der Waals surface area contributed by atoms with Crippen molar-refractivity contribution in [1.82, 2.24) is 0 Å². The van der Waals surface area contributed by atoms with E-state index in [1.165, 1.54) is 20.0 Å². The molecule has 146 valence electrons. The predicted molar refractivity (Wildman–Crippen MR) is 105 cm³/mol. The molecule has 0 amide bonds. The Hall–Kier alpha value is -3.48. The molecule has 0 spiro atoms. The number of nitrogens with one attached hydrogen (secondary N) is 2. The van der Waals surface area contributed by atoms with Crippen LogP contribution in [0.2, 0.25) is 0 Å². The maximum absolute atomic E-state index is 12.0. The van der Waals surface area contributed by atoms with Crippen molar-refractivity contribution in [3.05, 3.63) is 66.4 Å². The highest BCUT2D eigenvalue weighted by molar-refractivity contribution is 6.15. The summed E-state index contributed by atoms with van der Waals surface area (Å²) in [6.45, 7) is 4.06. The van der Waals surface area contributed by atoms with Gasteiger partial charge in [0.25, 0.3) is 5.79 Å². The van der Waals surface area contributed by atoms with E-state index in [1.54, 1.807) is 0 Å². The molecule has 2 aromatic rings. The van der Waals surface area contributed by atoms with Crippen LogP contribution in [-0.4, -0.2) is 30.9 Å². The molecule has 7 heteroatoms. The topological polar surface area (TPSA) is 85.9 Å². The summed E-state index contributed by atoms with van der Waals surface area (Å²) in [7, 11) is 0. The second kappa shape index (κ2) is 8.47. The van der Waals surface area contributed by atoms with Crippen molar-refractivity contribution >= 4 is 23.3 Å². The Bertz CT molecular complexity index is 855. The average Bonchev–Trinajstić information content (AvgIpc) is 2.65. The number of cyclic esters (lactones) is 2. The first-order chi connectivity index (χ1) is 13.4. The molecule has 28 heavy (non-hydrogen) atoms. The van der Waals surface area contributed by atoms with E-state index >= 15 is 0 Å². The van der Waals surface area contributed by atoms with Crippen LogP contribution in [0.3, 0.4) is 0 Å². The van der Waals surface area contributed by atoms with Crippen molar-refractivity contribution in [3.8, 4) is 5.75 Å². The number of anilines is 2. The van der Waals surface area contributed by atoms with Crippen LogP contribution in [0.15, 0.2) is 66.4 Å². The molecule has 1 fully saturated rings. The third kappa shape index (κ3) is 5.03. The van der Waals surface area contributed by atoms with Crippen LogP contribution < -0.4 is 15.4 Å². The van der Waals surface area contributed by atoms with Gasteiger partial charge in [0.1, 0.15) is 12.4 Å². The zero-order valence-corrected chi connectivity index (χ0v) is 15.7. The molecule has 1 heterocycles. The quantitative estimate of drug-likeness (QED) is 0.329. The maximum Gasteiger partial charge on any atom is 0.350 e. The molecule has 1 aliphatic heterocycles. The molecular formula is C21H22N2O5. The van der Waals surface area contributed by atoms with Crippen LogP contribution >= 0.6 is 0 Å². The van der Waals surface area contributed by atoms with E-state index in [-0.39, 0.29) is 5.57 Å². The summed E-state index contributed by atoms with van der Waals surface area (Å²) in [4.78, 5) is 24.0. The second-order valence-corrected chi connectivity index (χ2v) is 6.52. The monoisotopic (exact) mass is 382 g/mol. The van der Waals surface area contributed by atoms with E-state index in [0.29, 0.717) is 18.8 Å². The standard InChI is InChI=1S/C21H22N2O5/c1-21(2)27-19(24)16(20(25)28-21)14-23-18-11-7-6-10-17(18)22-12-13-26-15-8-4-3-5-9-15/h3-11,14,22-23H,12-13H2,1-2H3. The predicted octanol–water partition coefficient (Wildman–Crippen LogP) is 3.31. The van der Waals surface area contributed by atoms with E-state index in [0.717, 1.165) is 11.4 Å². The largest absolute Gasteiger partial charge is 0.492 e. The van der Waals surface area contributed by atoms with Crippen molar-refractivity contribution in [2.24, 2.45) is 0 Å². The van der Waals surface area contributed by atoms with Crippen LogP contribution in [-0.2, 0) is 19.1 Å². The van der Waals surface area contributed by atoms with Gasteiger partial charge >= 0.3 is 11.9 Å². The number of para-hydroxylation sites is 3. The SMILES string of the molecule is CC1(C)OC(=O)C(=CNc2ccccc2NCCOc2ccccc2)C(=O)O1. The molecule has 0 atom stereocenters. The highest BCUT2D eigenvalue weighted by Crippen LogP contribution is 2.24. The molecule has 0 bridgehead atoms. The number of carbonyl (C=O) groups excluding carboxylic acids is 2. The van der Waals surface area contributed by atoms with Crippen LogP contribution in [0.4, 0.5) is 11.4 Å². The number of carbonyl (C=O) groups is 2. The molecule has 2 N–H and O–H groups in total. The van der Waals surface area contributed by atoms with Gasteiger partial charge in [-0.05, 0) is 24.3 Å². The van der Waals surface area contributed by atoms with Crippen molar-refractivity contribution in [2.45, 2.75) is 19.6 Å². The van der Waals surface area contributed by atoms with Gasteiger partial charge in [0.2, 0.25) is 0 Å². The van der Waals surface area contributed by atoms with Gasteiger partial charge in [-0.1, -0.05) is 30.3 Å². The van der Waals surface area contributed by atoms with Crippen molar-refractivity contribution in [1.29, 1.82) is 0 Å². The first kappa shape index (κ1) is 19.3. The van der Waals surface area contributed by atoms with Gasteiger partial charge in [-0.15, -0.1) is 0 Å². The van der Waals surface area contributed by atoms with Gasteiger partial charge in [-0.2, -0.15) is 0 Å². The summed E-state index contributed by atoms with van der Waals surface area (Å²) in [5, 5.41) is 6.22. The third-order valence-electron chi connectivity index (χ3n) is 3.85. The highest BCUT2D eigenvalue weighted by Gasteiger charge is 2.38. The van der Waals surface area contributed by atoms with E-state index < -0.39 is 17.7 Å². The van der Waals surface area contributed by atoms with E-state index in [4.69, 9.17) is 14.2 Å². The van der Waals surface area contributed by atoms with Crippen LogP contribution in [0.1, 0.15) is 13.8 Å². The zero-order valence-electron chi connectivity index (χ0n) is 15.7. The van der Waals surface area contributed by atoms with Crippen molar-refractivity contribution < 1.29 is 23.8 Å². The summed E-state index contributed by atoms with van der Waals surface area (Å²) >= 11 is 0. The number of rotatable bonds is 7. The Labute approximate surface area is 163 Å². The Morgan fingerprint density at radius 2 is 1.54 bits per heavy atom. The first-order valence-electron chi connectivity index (χ1n) is 8.89. The molecule has 3 rings (SSSR count).